The molecule has 3 rings (SSSR count). The van der Waals surface area contributed by atoms with E-state index in [-0.39, 0.29) is 11.3 Å². The predicted octanol–water partition coefficient (Wildman–Crippen LogP) is 3.92. The van der Waals surface area contributed by atoms with Gasteiger partial charge in [0.25, 0.3) is 0 Å². The van der Waals surface area contributed by atoms with Gasteiger partial charge in [-0.05, 0) is 50.8 Å². The van der Waals surface area contributed by atoms with Crippen molar-refractivity contribution >= 4 is 5.91 Å². The first-order chi connectivity index (χ1) is 11.6. The van der Waals surface area contributed by atoms with Gasteiger partial charge in [-0.15, -0.1) is 0 Å². The Bertz CT molecular complexity index is 685. The molecule has 0 bridgehead atoms. The van der Waals surface area contributed by atoms with Crippen molar-refractivity contribution < 1.29 is 9.53 Å². The Labute approximate surface area is 144 Å². The van der Waals surface area contributed by atoms with Crippen molar-refractivity contribution in [2.24, 2.45) is 0 Å². The number of ether oxygens (including phenoxy) is 1. The van der Waals surface area contributed by atoms with Crippen LogP contribution in [0.3, 0.4) is 0 Å². The second-order valence-electron chi connectivity index (χ2n) is 6.73. The van der Waals surface area contributed by atoms with Crippen LogP contribution in [0.4, 0.5) is 0 Å². The average molecular weight is 323 g/mol. The van der Waals surface area contributed by atoms with Gasteiger partial charge in [0.05, 0.1) is 12.0 Å². The average Bonchev–Trinajstić information content (AvgIpc) is 3.36. The molecule has 3 nitrogen and oxygen atoms in total. The number of nitrogens with one attached hydrogen (secondary N) is 1. The van der Waals surface area contributed by atoms with Crippen molar-refractivity contribution in [3.05, 3.63) is 65.2 Å². The molecule has 0 heterocycles. The second-order valence-corrected chi connectivity index (χ2v) is 6.73. The lowest BCUT2D eigenvalue weighted by Crippen LogP contribution is -2.35. The summed E-state index contributed by atoms with van der Waals surface area (Å²) in [5, 5.41) is 3.09. The molecule has 0 spiro atoms. The number of hydrogen-bond donors (Lipinski definition) is 1. The fourth-order valence-electron chi connectivity index (χ4n) is 3.17. The number of carbonyl (C=O) groups is 1. The molecule has 1 saturated carbocycles. The van der Waals surface area contributed by atoms with E-state index < -0.39 is 0 Å². The molecule has 2 aromatic rings. The Morgan fingerprint density at radius 1 is 1.08 bits per heavy atom. The van der Waals surface area contributed by atoms with E-state index >= 15 is 0 Å². The summed E-state index contributed by atoms with van der Waals surface area (Å²) in [6.07, 6.45) is 2.70. The Balaban J connectivity index is 1.48. The van der Waals surface area contributed by atoms with Gasteiger partial charge in [-0.3, -0.25) is 4.79 Å². The van der Waals surface area contributed by atoms with Crippen molar-refractivity contribution in [2.45, 2.75) is 38.5 Å². The summed E-state index contributed by atoms with van der Waals surface area (Å²) in [7, 11) is 0. The van der Waals surface area contributed by atoms with E-state index in [0.29, 0.717) is 13.2 Å². The van der Waals surface area contributed by atoms with Crippen LogP contribution in [0.25, 0.3) is 0 Å². The summed E-state index contributed by atoms with van der Waals surface area (Å²) in [6, 6.07) is 16.2. The van der Waals surface area contributed by atoms with Gasteiger partial charge in [-0.25, -0.2) is 0 Å². The highest BCUT2D eigenvalue weighted by Gasteiger charge is 2.51. The molecule has 0 atom stereocenters. The van der Waals surface area contributed by atoms with Gasteiger partial charge in [0.1, 0.15) is 5.75 Å². The zero-order chi connectivity index (χ0) is 17.0. The summed E-state index contributed by atoms with van der Waals surface area (Å²) in [5.41, 5.74) is 3.32. The van der Waals surface area contributed by atoms with Crippen molar-refractivity contribution in [1.82, 2.24) is 5.32 Å². The quantitative estimate of drug-likeness (QED) is 0.784. The number of rotatable bonds is 7. The molecule has 0 aliphatic heterocycles. The van der Waals surface area contributed by atoms with Gasteiger partial charge in [-0.2, -0.15) is 0 Å². The van der Waals surface area contributed by atoms with E-state index in [2.05, 4.69) is 37.4 Å². The molecule has 1 aliphatic carbocycles. The topological polar surface area (TPSA) is 38.3 Å². The Hall–Kier alpha value is -2.29. The van der Waals surface area contributed by atoms with Crippen LogP contribution in [0.1, 0.15) is 36.0 Å². The third-order valence-corrected chi connectivity index (χ3v) is 4.58. The molecule has 126 valence electrons. The van der Waals surface area contributed by atoms with Crippen LogP contribution in [0.2, 0.25) is 0 Å². The monoisotopic (exact) mass is 323 g/mol. The molecule has 2 aromatic carbocycles. The molecule has 1 amide bonds. The third-order valence-electron chi connectivity index (χ3n) is 4.58. The van der Waals surface area contributed by atoms with Gasteiger partial charge in [0.2, 0.25) is 5.91 Å². The largest absolute Gasteiger partial charge is 0.494 e. The van der Waals surface area contributed by atoms with E-state index in [1.54, 1.807) is 0 Å². The van der Waals surface area contributed by atoms with Crippen LogP contribution in [0, 0.1) is 13.8 Å². The van der Waals surface area contributed by atoms with Crippen molar-refractivity contribution in [3.63, 3.8) is 0 Å². The van der Waals surface area contributed by atoms with E-state index in [0.717, 1.165) is 30.6 Å². The first-order valence-electron chi connectivity index (χ1n) is 8.65. The standard InChI is InChI=1S/C21H25NO2/c1-16-13-17(2)15-18(14-16)21(9-10-21)20(23)22-11-6-12-24-19-7-4-3-5-8-19/h3-5,7-8,13-15H,6,9-12H2,1-2H3,(H,22,23). The highest BCUT2D eigenvalue weighted by atomic mass is 16.5. The van der Waals surface area contributed by atoms with E-state index in [4.69, 9.17) is 4.74 Å². The summed E-state index contributed by atoms with van der Waals surface area (Å²) in [5.74, 6) is 1.03. The zero-order valence-electron chi connectivity index (χ0n) is 14.5. The first kappa shape index (κ1) is 16.6. The molecule has 1 fully saturated rings. The molecule has 24 heavy (non-hydrogen) atoms. The molecular weight excluding hydrogens is 298 g/mol. The maximum absolute atomic E-state index is 12.6. The molecule has 0 unspecified atom stereocenters. The van der Waals surface area contributed by atoms with Gasteiger partial charge in [0.15, 0.2) is 0 Å². The summed E-state index contributed by atoms with van der Waals surface area (Å²) in [6.45, 7) is 5.44. The lowest BCUT2D eigenvalue weighted by atomic mass is 9.92. The summed E-state index contributed by atoms with van der Waals surface area (Å²) >= 11 is 0. The zero-order valence-corrected chi connectivity index (χ0v) is 14.5. The van der Waals surface area contributed by atoms with E-state index in [1.807, 2.05) is 30.3 Å². The van der Waals surface area contributed by atoms with Crippen LogP contribution < -0.4 is 10.1 Å². The maximum Gasteiger partial charge on any atom is 0.230 e. The van der Waals surface area contributed by atoms with E-state index in [9.17, 15) is 4.79 Å². The van der Waals surface area contributed by atoms with Crippen LogP contribution in [-0.2, 0) is 10.2 Å². The highest BCUT2D eigenvalue weighted by Crippen LogP contribution is 2.48. The summed E-state index contributed by atoms with van der Waals surface area (Å²) < 4.78 is 5.65. The fourth-order valence-corrected chi connectivity index (χ4v) is 3.17. The first-order valence-corrected chi connectivity index (χ1v) is 8.65. The van der Waals surface area contributed by atoms with Crippen molar-refractivity contribution in [2.75, 3.05) is 13.2 Å². The van der Waals surface area contributed by atoms with E-state index in [1.165, 1.54) is 11.1 Å². The fraction of sp³-hybridized carbons (Fsp3) is 0.381. The maximum atomic E-state index is 12.6. The van der Waals surface area contributed by atoms with Gasteiger partial charge >= 0.3 is 0 Å². The lowest BCUT2D eigenvalue weighted by molar-refractivity contribution is -0.123. The Morgan fingerprint density at radius 2 is 1.75 bits per heavy atom. The Morgan fingerprint density at radius 3 is 2.38 bits per heavy atom. The van der Waals surface area contributed by atoms with Crippen molar-refractivity contribution in [1.29, 1.82) is 0 Å². The molecule has 0 saturated heterocycles. The molecule has 3 heteroatoms. The molecule has 0 radical (unpaired) electrons. The third kappa shape index (κ3) is 3.78. The highest BCUT2D eigenvalue weighted by molar-refractivity contribution is 5.91. The second kappa shape index (κ2) is 7.08. The minimum Gasteiger partial charge on any atom is -0.494 e. The number of amides is 1. The van der Waals surface area contributed by atoms with Crippen LogP contribution in [0.15, 0.2) is 48.5 Å². The molecule has 0 aromatic heterocycles. The molecular formula is C21H25NO2. The number of carbonyl (C=O) groups excluding carboxylic acids is 1. The molecule has 1 N–H and O–H groups in total. The lowest BCUT2D eigenvalue weighted by Gasteiger charge is -2.17. The number of para-hydroxylation sites is 1. The SMILES string of the molecule is Cc1cc(C)cc(C2(C(=O)NCCCOc3ccccc3)CC2)c1. The van der Waals surface area contributed by atoms with Crippen LogP contribution in [-0.4, -0.2) is 19.1 Å². The predicted molar refractivity (Wildman–Crippen MR) is 96.4 cm³/mol. The smallest absolute Gasteiger partial charge is 0.230 e. The number of hydrogen-bond acceptors (Lipinski definition) is 2. The summed E-state index contributed by atoms with van der Waals surface area (Å²) in [4.78, 5) is 12.6. The van der Waals surface area contributed by atoms with Crippen molar-refractivity contribution in [3.8, 4) is 5.75 Å². The van der Waals surface area contributed by atoms with Gasteiger partial charge < -0.3 is 10.1 Å². The number of benzene rings is 2. The minimum atomic E-state index is -0.295. The Kier molecular flexibility index (Phi) is 4.89. The van der Waals surface area contributed by atoms with Crippen LogP contribution >= 0.6 is 0 Å². The normalized spacial score (nSPS) is 14.9. The molecule has 1 aliphatic rings. The number of aryl methyl sites for hydroxylation is 2. The van der Waals surface area contributed by atoms with Gasteiger partial charge in [-0.1, -0.05) is 47.5 Å². The minimum absolute atomic E-state index is 0.159. The van der Waals surface area contributed by atoms with Crippen LogP contribution in [0.5, 0.6) is 5.75 Å². The van der Waals surface area contributed by atoms with Gasteiger partial charge in [0, 0.05) is 6.54 Å².